The summed E-state index contributed by atoms with van der Waals surface area (Å²) in [7, 11) is 0. The van der Waals surface area contributed by atoms with Crippen molar-refractivity contribution < 1.29 is 8.78 Å². The summed E-state index contributed by atoms with van der Waals surface area (Å²) in [5.74, 6) is 0.267. The molecule has 1 aliphatic carbocycles. The smallest absolute Gasteiger partial charge is 0.261 e. The van der Waals surface area contributed by atoms with Gasteiger partial charge in [0.25, 0.3) is 5.56 Å². The molecule has 2 atom stereocenters. The van der Waals surface area contributed by atoms with E-state index in [0.29, 0.717) is 41.9 Å². The van der Waals surface area contributed by atoms with Crippen LogP contribution in [-0.4, -0.2) is 40.5 Å². The van der Waals surface area contributed by atoms with Crippen molar-refractivity contribution in [3.63, 3.8) is 0 Å². The second kappa shape index (κ2) is 7.52. The van der Waals surface area contributed by atoms with Gasteiger partial charge < -0.3 is 15.6 Å². The predicted octanol–water partition coefficient (Wildman–Crippen LogP) is 2.96. The first-order valence-corrected chi connectivity index (χ1v) is 10.1. The molecule has 3 N–H and O–H groups in total. The number of H-pyrrole nitrogens is 1. The zero-order chi connectivity index (χ0) is 18.1. The van der Waals surface area contributed by atoms with Gasteiger partial charge in [-0.05, 0) is 25.0 Å². The molecule has 26 heavy (non-hydrogen) atoms. The first-order chi connectivity index (χ1) is 12.6. The van der Waals surface area contributed by atoms with E-state index in [9.17, 15) is 13.6 Å². The van der Waals surface area contributed by atoms with Crippen LogP contribution in [-0.2, 0) is 5.75 Å². The van der Waals surface area contributed by atoms with Crippen molar-refractivity contribution in [1.29, 1.82) is 0 Å². The number of aromatic amines is 1. The quantitative estimate of drug-likeness (QED) is 0.744. The monoisotopic (exact) mass is 380 g/mol. The van der Waals surface area contributed by atoms with Gasteiger partial charge in [0, 0.05) is 24.8 Å². The van der Waals surface area contributed by atoms with Gasteiger partial charge in [0.05, 0.1) is 16.5 Å². The molecule has 0 radical (unpaired) electrons. The van der Waals surface area contributed by atoms with Crippen LogP contribution >= 0.6 is 11.8 Å². The van der Waals surface area contributed by atoms with Crippen LogP contribution < -0.4 is 16.2 Å². The molecule has 0 unspecified atom stereocenters. The van der Waals surface area contributed by atoms with Crippen molar-refractivity contribution >= 4 is 28.4 Å². The molecule has 1 aromatic heterocycles. The van der Waals surface area contributed by atoms with Crippen LogP contribution in [0, 0.1) is 5.82 Å². The number of aromatic nitrogens is 2. The van der Waals surface area contributed by atoms with Gasteiger partial charge >= 0.3 is 0 Å². The number of hydrogen-bond donors (Lipinski definition) is 3. The molecule has 1 saturated heterocycles. The lowest BCUT2D eigenvalue weighted by atomic mass is 10.2. The average molecular weight is 380 g/mol. The number of nitrogens with one attached hydrogen (secondary N) is 3. The number of halogens is 2. The SMILES string of the molecule is O=c1[nH]c(CS[C@H]2CNC[C@H]2F)nc2cc(NC3CCCC3)cc(F)c12. The molecule has 8 heteroatoms. The Morgan fingerprint density at radius 1 is 1.27 bits per heavy atom. The van der Waals surface area contributed by atoms with E-state index >= 15 is 0 Å². The number of hydrogen-bond acceptors (Lipinski definition) is 5. The van der Waals surface area contributed by atoms with Gasteiger partial charge in [-0.3, -0.25) is 4.79 Å². The molecule has 2 aliphatic rings. The Labute approximate surface area is 154 Å². The molecule has 0 bridgehead atoms. The molecule has 2 fully saturated rings. The Morgan fingerprint density at radius 2 is 2.08 bits per heavy atom. The number of rotatable bonds is 5. The summed E-state index contributed by atoms with van der Waals surface area (Å²) in [6.45, 7) is 0.967. The molecule has 140 valence electrons. The van der Waals surface area contributed by atoms with Gasteiger partial charge in [-0.15, -0.1) is 11.8 Å². The minimum atomic E-state index is -0.896. The normalized spacial score (nSPS) is 23.8. The van der Waals surface area contributed by atoms with E-state index in [1.807, 2.05) is 0 Å². The van der Waals surface area contributed by atoms with E-state index in [4.69, 9.17) is 0 Å². The van der Waals surface area contributed by atoms with Gasteiger partial charge in [0.15, 0.2) is 0 Å². The van der Waals surface area contributed by atoms with Gasteiger partial charge in [-0.2, -0.15) is 0 Å². The van der Waals surface area contributed by atoms with E-state index in [2.05, 4.69) is 20.6 Å². The lowest BCUT2D eigenvalue weighted by Gasteiger charge is -2.14. The minimum absolute atomic E-state index is 0.0263. The summed E-state index contributed by atoms with van der Waals surface area (Å²) in [4.78, 5) is 19.3. The largest absolute Gasteiger partial charge is 0.382 e. The van der Waals surface area contributed by atoms with Crippen molar-refractivity contribution in [3.8, 4) is 0 Å². The molecule has 0 amide bonds. The van der Waals surface area contributed by atoms with Crippen molar-refractivity contribution in [2.75, 3.05) is 18.4 Å². The first kappa shape index (κ1) is 17.7. The number of benzene rings is 1. The fourth-order valence-electron chi connectivity index (χ4n) is 3.70. The van der Waals surface area contributed by atoms with Crippen molar-refractivity contribution in [2.45, 2.75) is 48.9 Å². The summed E-state index contributed by atoms with van der Waals surface area (Å²) in [6, 6.07) is 3.44. The van der Waals surface area contributed by atoms with Crippen LogP contribution in [0.1, 0.15) is 31.5 Å². The van der Waals surface area contributed by atoms with E-state index < -0.39 is 17.5 Å². The van der Waals surface area contributed by atoms with Crippen LogP contribution in [0.15, 0.2) is 16.9 Å². The van der Waals surface area contributed by atoms with E-state index in [1.165, 1.54) is 30.7 Å². The number of nitrogens with zero attached hydrogens (tertiary/aromatic N) is 1. The number of thioether (sulfide) groups is 1. The molecule has 2 aromatic rings. The molecule has 1 saturated carbocycles. The zero-order valence-electron chi connectivity index (χ0n) is 14.4. The fourth-order valence-corrected chi connectivity index (χ4v) is 4.75. The summed E-state index contributed by atoms with van der Waals surface area (Å²) in [5, 5.41) is 6.17. The number of fused-ring (bicyclic) bond motifs is 1. The first-order valence-electron chi connectivity index (χ1n) is 9.05. The Morgan fingerprint density at radius 3 is 2.81 bits per heavy atom. The van der Waals surface area contributed by atoms with Crippen LogP contribution in [0.4, 0.5) is 14.5 Å². The average Bonchev–Trinajstić information content (AvgIpc) is 3.24. The lowest BCUT2D eigenvalue weighted by molar-refractivity contribution is 0.367. The third-order valence-electron chi connectivity index (χ3n) is 5.06. The maximum absolute atomic E-state index is 14.4. The van der Waals surface area contributed by atoms with Gasteiger partial charge in [-0.25, -0.2) is 13.8 Å². The van der Waals surface area contributed by atoms with Crippen LogP contribution in [0.3, 0.4) is 0 Å². The molecule has 0 spiro atoms. The van der Waals surface area contributed by atoms with Crippen LogP contribution in [0.5, 0.6) is 0 Å². The Bertz CT molecular complexity index is 853. The summed E-state index contributed by atoms with van der Waals surface area (Å²) < 4.78 is 28.1. The minimum Gasteiger partial charge on any atom is -0.382 e. The molecular formula is C18H22F2N4OS. The summed E-state index contributed by atoms with van der Waals surface area (Å²) in [5.41, 5.74) is 0.505. The predicted molar refractivity (Wildman–Crippen MR) is 101 cm³/mol. The van der Waals surface area contributed by atoms with Gasteiger partial charge in [-0.1, -0.05) is 12.8 Å². The van der Waals surface area contributed by atoms with Gasteiger partial charge in [0.2, 0.25) is 0 Å². The second-order valence-corrected chi connectivity index (χ2v) is 8.24. The molecule has 1 aromatic carbocycles. The molecular weight excluding hydrogens is 358 g/mol. The Kier molecular flexibility index (Phi) is 5.13. The Balaban J connectivity index is 1.58. The second-order valence-electron chi connectivity index (χ2n) is 7.01. The molecule has 5 nitrogen and oxygen atoms in total. The lowest BCUT2D eigenvalue weighted by Crippen LogP contribution is -2.18. The maximum atomic E-state index is 14.4. The Hall–Kier alpha value is -1.67. The third kappa shape index (κ3) is 3.71. The third-order valence-corrected chi connectivity index (χ3v) is 6.39. The van der Waals surface area contributed by atoms with Crippen molar-refractivity contribution in [2.24, 2.45) is 0 Å². The van der Waals surface area contributed by atoms with E-state index in [-0.39, 0.29) is 10.6 Å². The zero-order valence-corrected chi connectivity index (χ0v) is 15.2. The van der Waals surface area contributed by atoms with Crippen molar-refractivity contribution in [1.82, 2.24) is 15.3 Å². The summed E-state index contributed by atoms with van der Waals surface area (Å²) >= 11 is 1.42. The highest BCUT2D eigenvalue weighted by molar-refractivity contribution is 7.99. The fraction of sp³-hybridized carbons (Fsp3) is 0.556. The standard InChI is InChI=1S/C18H22F2N4OS/c19-12-5-11(22-10-3-1-2-4-10)6-14-17(12)18(25)24-16(23-14)9-26-15-8-21-7-13(15)20/h5-6,10,13,15,21-22H,1-4,7-9H2,(H,23,24,25)/t13-,15+/m1/s1. The highest BCUT2D eigenvalue weighted by Gasteiger charge is 2.27. The number of alkyl halides is 1. The molecule has 4 rings (SSSR count). The van der Waals surface area contributed by atoms with Crippen LogP contribution in [0.2, 0.25) is 0 Å². The van der Waals surface area contributed by atoms with Crippen molar-refractivity contribution in [3.05, 3.63) is 34.1 Å². The molecule has 1 aliphatic heterocycles. The molecule has 2 heterocycles. The maximum Gasteiger partial charge on any atom is 0.261 e. The highest BCUT2D eigenvalue weighted by atomic mass is 32.2. The highest BCUT2D eigenvalue weighted by Crippen LogP contribution is 2.26. The topological polar surface area (TPSA) is 69.8 Å². The summed E-state index contributed by atoms with van der Waals surface area (Å²) in [6.07, 6.45) is 3.61. The number of anilines is 1. The van der Waals surface area contributed by atoms with Crippen LogP contribution in [0.25, 0.3) is 10.9 Å². The van der Waals surface area contributed by atoms with E-state index in [0.717, 1.165) is 12.8 Å². The van der Waals surface area contributed by atoms with E-state index in [1.54, 1.807) is 6.07 Å². The van der Waals surface area contributed by atoms with Gasteiger partial charge in [0.1, 0.15) is 23.2 Å².